The monoisotopic (exact) mass is 268 g/mol. The third-order valence-corrected chi connectivity index (χ3v) is 3.23. The molecule has 0 amide bonds. The van der Waals surface area contributed by atoms with Gasteiger partial charge in [0.1, 0.15) is 5.75 Å². The van der Waals surface area contributed by atoms with Crippen LogP contribution >= 0.6 is 0 Å². The lowest BCUT2D eigenvalue weighted by Crippen LogP contribution is -2.39. The quantitative estimate of drug-likeness (QED) is 0.763. The Morgan fingerprint density at radius 1 is 1.39 bits per heavy atom. The molecule has 0 saturated heterocycles. The van der Waals surface area contributed by atoms with Crippen molar-refractivity contribution in [3.8, 4) is 5.75 Å². The molecule has 1 aromatic rings. The number of nitrogens with two attached hydrogens (primary N) is 1. The van der Waals surface area contributed by atoms with Crippen LogP contribution in [0.2, 0.25) is 0 Å². The summed E-state index contributed by atoms with van der Waals surface area (Å²) in [5, 5.41) is 3.65. The highest BCUT2D eigenvalue weighted by atomic mass is 32.2. The van der Waals surface area contributed by atoms with Crippen LogP contribution in [0.25, 0.3) is 0 Å². The van der Waals surface area contributed by atoms with Gasteiger partial charge in [0.2, 0.25) is 5.94 Å². The van der Waals surface area contributed by atoms with Crippen molar-refractivity contribution >= 4 is 21.9 Å². The van der Waals surface area contributed by atoms with E-state index in [4.69, 9.17) is 10.5 Å². The Morgan fingerprint density at radius 2 is 2.17 bits per heavy atom. The van der Waals surface area contributed by atoms with Crippen LogP contribution in [0.4, 0.5) is 5.69 Å². The van der Waals surface area contributed by atoms with Crippen LogP contribution in [0, 0.1) is 0 Å². The fourth-order valence-electron chi connectivity index (χ4n) is 1.23. The molecule has 0 atom stereocenters. The van der Waals surface area contributed by atoms with E-state index in [1.165, 1.54) is 12.4 Å². The highest BCUT2D eigenvalue weighted by molar-refractivity contribution is 7.88. The second kappa shape index (κ2) is 4.96. The van der Waals surface area contributed by atoms with Gasteiger partial charge in [-0.1, -0.05) is 16.7 Å². The smallest absolute Gasteiger partial charge is 0.303 e. The van der Waals surface area contributed by atoms with Crippen molar-refractivity contribution < 1.29 is 13.2 Å². The molecule has 96 valence electrons. The first-order chi connectivity index (χ1) is 8.59. The summed E-state index contributed by atoms with van der Waals surface area (Å²) >= 11 is 0. The van der Waals surface area contributed by atoms with Gasteiger partial charge in [-0.25, -0.2) is 0 Å². The molecule has 2 rings (SSSR count). The number of allylic oxidation sites excluding steroid dienone is 1. The van der Waals surface area contributed by atoms with E-state index in [1.807, 2.05) is 0 Å². The van der Waals surface area contributed by atoms with E-state index in [0.717, 1.165) is 4.52 Å². The molecule has 0 spiro atoms. The number of rotatable bonds is 4. The molecule has 8 heteroatoms. The summed E-state index contributed by atoms with van der Waals surface area (Å²) in [4.78, 5) is 0. The van der Waals surface area contributed by atoms with E-state index in [1.54, 1.807) is 30.3 Å². The molecule has 0 aliphatic carbocycles. The lowest BCUT2D eigenvalue weighted by atomic mass is 10.3. The van der Waals surface area contributed by atoms with E-state index in [2.05, 4.69) is 10.5 Å². The summed E-state index contributed by atoms with van der Waals surface area (Å²) in [7, 11) is -3.70. The van der Waals surface area contributed by atoms with Crippen LogP contribution in [0.15, 0.2) is 41.6 Å². The zero-order valence-electron chi connectivity index (χ0n) is 9.35. The third-order valence-electron chi connectivity index (χ3n) is 2.08. The zero-order chi connectivity index (χ0) is 13.0. The van der Waals surface area contributed by atoms with Gasteiger partial charge >= 0.3 is 10.0 Å². The summed E-state index contributed by atoms with van der Waals surface area (Å²) in [6, 6.07) is 6.66. The molecule has 0 bridgehead atoms. The maximum absolute atomic E-state index is 11.8. The molecule has 0 radical (unpaired) electrons. The van der Waals surface area contributed by atoms with Crippen LogP contribution in [-0.2, 0) is 10.0 Å². The van der Waals surface area contributed by atoms with Crippen molar-refractivity contribution in [3.63, 3.8) is 0 Å². The Kier molecular flexibility index (Phi) is 3.38. The van der Waals surface area contributed by atoms with E-state index < -0.39 is 16.0 Å². The second-order valence-corrected chi connectivity index (χ2v) is 5.15. The Balaban J connectivity index is 2.04. The number of para-hydroxylation sites is 2. The lowest BCUT2D eigenvalue weighted by molar-refractivity contribution is 0.328. The van der Waals surface area contributed by atoms with Gasteiger partial charge in [0.25, 0.3) is 0 Å². The maximum atomic E-state index is 11.8. The number of nitrogens with zero attached hydrogens (tertiary/aromatic N) is 2. The van der Waals surface area contributed by atoms with Gasteiger partial charge < -0.3 is 10.5 Å². The third kappa shape index (κ3) is 2.72. The Morgan fingerprint density at radius 3 is 2.83 bits per heavy atom. The molecule has 0 unspecified atom stereocenters. The van der Waals surface area contributed by atoms with Crippen molar-refractivity contribution in [1.29, 1.82) is 0 Å². The number of nitrogens with one attached hydrogen (secondary N) is 1. The molecule has 3 N–H and O–H groups in total. The summed E-state index contributed by atoms with van der Waals surface area (Å²) in [6.07, 6.45) is 4.37. The van der Waals surface area contributed by atoms with E-state index >= 15 is 0 Å². The van der Waals surface area contributed by atoms with Crippen molar-refractivity contribution in [1.82, 2.24) is 9.95 Å². The highest BCUT2D eigenvalue weighted by Gasteiger charge is 2.21. The van der Waals surface area contributed by atoms with Gasteiger partial charge in [0, 0.05) is 6.20 Å². The second-order valence-electron chi connectivity index (χ2n) is 3.41. The summed E-state index contributed by atoms with van der Waals surface area (Å²) in [5.74, 6) is -0.239. The maximum Gasteiger partial charge on any atom is 0.303 e. The molecule has 18 heavy (non-hydrogen) atoms. The topological polar surface area (TPSA) is 97.0 Å². The van der Waals surface area contributed by atoms with Gasteiger partial charge in [0.15, 0.2) is 0 Å². The number of hydrazine groups is 1. The summed E-state index contributed by atoms with van der Waals surface area (Å²) in [5.41, 5.74) is 8.48. The first kappa shape index (κ1) is 12.2. The standard InChI is InChI=1S/C10H12N4O3S/c11-9-4-1-2-5-10(9)17-8-18(15,16)14-12-6-3-7-13-14/h1-7,12H,8,11H2. The number of hydrogen-bond acceptors (Lipinski definition) is 6. The number of hydrogen-bond donors (Lipinski definition) is 2. The minimum Gasteiger partial charge on any atom is -0.473 e. The number of hydrazone groups is 1. The van der Waals surface area contributed by atoms with Crippen LogP contribution in [0.3, 0.4) is 0 Å². The van der Waals surface area contributed by atoms with Gasteiger partial charge in [0.05, 0.1) is 11.9 Å². The fourth-order valence-corrected chi connectivity index (χ4v) is 2.03. The first-order valence-corrected chi connectivity index (χ1v) is 6.66. The minimum absolute atomic E-state index is 0.317. The van der Waals surface area contributed by atoms with Crippen LogP contribution < -0.4 is 15.9 Å². The van der Waals surface area contributed by atoms with E-state index in [-0.39, 0.29) is 0 Å². The Bertz CT molecular complexity index is 583. The number of anilines is 1. The van der Waals surface area contributed by atoms with Crippen molar-refractivity contribution in [2.45, 2.75) is 0 Å². The Labute approximate surface area is 105 Å². The van der Waals surface area contributed by atoms with Gasteiger partial charge in [-0.2, -0.15) is 8.42 Å². The molecule has 1 aliphatic rings. The normalized spacial score (nSPS) is 14.3. The van der Waals surface area contributed by atoms with E-state index in [0.29, 0.717) is 11.4 Å². The van der Waals surface area contributed by atoms with Crippen LogP contribution in [0.5, 0.6) is 5.75 Å². The first-order valence-electron chi connectivity index (χ1n) is 5.05. The molecule has 0 saturated carbocycles. The molecule has 1 aromatic carbocycles. The van der Waals surface area contributed by atoms with Crippen molar-refractivity contribution in [3.05, 3.63) is 36.5 Å². The number of ether oxygens (including phenoxy) is 1. The molecule has 0 fully saturated rings. The molecule has 1 heterocycles. The molecule has 7 nitrogen and oxygen atoms in total. The number of nitrogen functional groups attached to an aromatic ring is 1. The average Bonchev–Trinajstić information content (AvgIpc) is 2.39. The molecule has 1 aliphatic heterocycles. The molecule has 0 aromatic heterocycles. The highest BCUT2D eigenvalue weighted by Crippen LogP contribution is 2.20. The Hall–Kier alpha value is -2.22. The summed E-state index contributed by atoms with van der Waals surface area (Å²) < 4.78 is 29.5. The van der Waals surface area contributed by atoms with E-state index in [9.17, 15) is 8.42 Å². The minimum atomic E-state index is -3.70. The summed E-state index contributed by atoms with van der Waals surface area (Å²) in [6.45, 7) is 0. The number of sulfonamides is 1. The number of benzene rings is 1. The van der Waals surface area contributed by atoms with Crippen molar-refractivity contribution in [2.75, 3.05) is 11.7 Å². The molecular weight excluding hydrogens is 256 g/mol. The van der Waals surface area contributed by atoms with Gasteiger partial charge in [-0.05, 0) is 18.2 Å². The fraction of sp³-hybridized carbons (Fsp3) is 0.100. The molecular formula is C10H12N4O3S. The van der Waals surface area contributed by atoms with Crippen LogP contribution in [-0.4, -0.2) is 25.1 Å². The SMILES string of the molecule is Nc1ccccc1OCS(=O)(=O)N1N=CC=CN1. The predicted molar refractivity (Wildman–Crippen MR) is 67.9 cm³/mol. The lowest BCUT2D eigenvalue weighted by Gasteiger charge is -2.20. The van der Waals surface area contributed by atoms with Crippen molar-refractivity contribution in [2.24, 2.45) is 5.10 Å². The van der Waals surface area contributed by atoms with Gasteiger partial charge in [-0.15, -0.1) is 5.10 Å². The van der Waals surface area contributed by atoms with Gasteiger partial charge in [-0.3, -0.25) is 5.43 Å². The van der Waals surface area contributed by atoms with Crippen LogP contribution in [0.1, 0.15) is 0 Å². The zero-order valence-corrected chi connectivity index (χ0v) is 10.2. The average molecular weight is 268 g/mol. The largest absolute Gasteiger partial charge is 0.473 e. The predicted octanol–water partition coefficient (Wildman–Crippen LogP) is 0.255.